The second-order valence-corrected chi connectivity index (χ2v) is 7.17. The molecule has 0 bridgehead atoms. The van der Waals surface area contributed by atoms with Crippen LogP contribution in [-0.2, 0) is 4.74 Å². The topological polar surface area (TPSA) is 69.7 Å². The van der Waals surface area contributed by atoms with Gasteiger partial charge >= 0.3 is 0 Å². The fourth-order valence-electron chi connectivity index (χ4n) is 3.04. The number of aliphatic imine (C=N–C) groups is 1. The van der Waals surface area contributed by atoms with E-state index in [1.165, 1.54) is 0 Å². The van der Waals surface area contributed by atoms with Gasteiger partial charge in [0.25, 0.3) is 0 Å². The summed E-state index contributed by atoms with van der Waals surface area (Å²) in [4.78, 5) is 8.92. The van der Waals surface area contributed by atoms with Crippen molar-refractivity contribution in [1.82, 2.24) is 10.1 Å². The Kier molecular flexibility index (Phi) is 5.59. The number of hydrogen-bond acceptors (Lipinski definition) is 6. The van der Waals surface area contributed by atoms with Crippen LogP contribution in [0.1, 0.15) is 43.7 Å². The average Bonchev–Trinajstić information content (AvgIpc) is 3.22. The molecule has 1 atom stereocenters. The number of hydrogen-bond donors (Lipinski definition) is 0. The van der Waals surface area contributed by atoms with Crippen molar-refractivity contribution in [3.05, 3.63) is 29.2 Å². The van der Waals surface area contributed by atoms with E-state index in [9.17, 15) is 0 Å². The number of nitrogens with zero attached hydrogens (tertiary/aromatic N) is 3. The highest BCUT2D eigenvalue weighted by atomic mass is 16.5. The van der Waals surface area contributed by atoms with Gasteiger partial charge in [-0.1, -0.05) is 19.0 Å². The van der Waals surface area contributed by atoms with Crippen molar-refractivity contribution in [3.63, 3.8) is 0 Å². The van der Waals surface area contributed by atoms with Crippen molar-refractivity contribution in [2.24, 2.45) is 10.9 Å². The van der Waals surface area contributed by atoms with Gasteiger partial charge in [-0.25, -0.2) is 4.99 Å². The van der Waals surface area contributed by atoms with Gasteiger partial charge in [0.2, 0.25) is 11.7 Å². The average molecular weight is 357 g/mol. The normalized spacial score (nSPS) is 16.7. The summed E-state index contributed by atoms with van der Waals surface area (Å²) in [6.07, 6.45) is 1.70. The fourth-order valence-corrected chi connectivity index (χ4v) is 3.04. The Balaban J connectivity index is 1.56. The highest BCUT2D eigenvalue weighted by Crippen LogP contribution is 2.29. The van der Waals surface area contributed by atoms with Crippen molar-refractivity contribution in [2.75, 3.05) is 13.2 Å². The van der Waals surface area contributed by atoms with Gasteiger partial charge in [0.1, 0.15) is 12.4 Å². The Labute approximate surface area is 154 Å². The molecule has 0 N–H and O–H groups in total. The maximum atomic E-state index is 6.02. The minimum Gasteiger partial charge on any atom is -0.493 e. The van der Waals surface area contributed by atoms with Gasteiger partial charge in [0, 0.05) is 18.9 Å². The molecule has 0 radical (unpaired) electrons. The van der Waals surface area contributed by atoms with Gasteiger partial charge < -0.3 is 14.0 Å². The van der Waals surface area contributed by atoms with E-state index in [1.54, 1.807) is 6.92 Å². The molecule has 0 aliphatic carbocycles. The first kappa shape index (κ1) is 18.4. The molecule has 6 nitrogen and oxygen atoms in total. The Morgan fingerprint density at radius 3 is 2.50 bits per heavy atom. The molecule has 6 heteroatoms. The Morgan fingerprint density at radius 2 is 1.92 bits per heavy atom. The summed E-state index contributed by atoms with van der Waals surface area (Å²) in [6.45, 7) is 11.6. The van der Waals surface area contributed by atoms with E-state index in [2.05, 4.69) is 29.0 Å². The van der Waals surface area contributed by atoms with Gasteiger partial charge in [-0.2, -0.15) is 4.98 Å². The Bertz CT molecular complexity index is 772. The molecule has 1 aliphatic rings. The fraction of sp³-hybridized carbons (Fsp3) is 0.550. The van der Waals surface area contributed by atoms with E-state index in [-0.39, 0.29) is 0 Å². The van der Waals surface area contributed by atoms with Gasteiger partial charge in [-0.15, -0.1) is 0 Å². The van der Waals surface area contributed by atoms with Gasteiger partial charge in [-0.05, 0) is 49.4 Å². The lowest BCUT2D eigenvalue weighted by atomic mass is 10.1. The number of aryl methyl sites for hydroxylation is 3. The van der Waals surface area contributed by atoms with E-state index in [1.807, 2.05) is 26.0 Å². The molecule has 26 heavy (non-hydrogen) atoms. The molecule has 2 aromatic rings. The van der Waals surface area contributed by atoms with E-state index < -0.39 is 0 Å². The molecule has 0 saturated heterocycles. The van der Waals surface area contributed by atoms with Crippen LogP contribution < -0.4 is 4.74 Å². The molecule has 3 rings (SSSR count). The van der Waals surface area contributed by atoms with Gasteiger partial charge in [0.05, 0.1) is 12.6 Å². The number of benzene rings is 1. The third kappa shape index (κ3) is 4.23. The van der Waals surface area contributed by atoms with Crippen molar-refractivity contribution in [3.8, 4) is 17.1 Å². The second kappa shape index (κ2) is 7.89. The number of ether oxygens (including phenoxy) is 2. The molecule has 0 fully saturated rings. The highest BCUT2D eigenvalue weighted by Gasteiger charge is 2.21. The molecular weight excluding hydrogens is 330 g/mol. The van der Waals surface area contributed by atoms with Crippen LogP contribution in [-0.4, -0.2) is 35.3 Å². The molecular formula is C20H27N3O3. The first-order chi connectivity index (χ1) is 12.4. The third-order valence-corrected chi connectivity index (χ3v) is 4.53. The summed E-state index contributed by atoms with van der Waals surface area (Å²) >= 11 is 0. The number of aromatic nitrogens is 2. The van der Waals surface area contributed by atoms with Crippen LogP contribution in [0, 0.1) is 26.7 Å². The lowest BCUT2D eigenvalue weighted by molar-refractivity contribution is 0.276. The summed E-state index contributed by atoms with van der Waals surface area (Å²) in [7, 11) is 0. The summed E-state index contributed by atoms with van der Waals surface area (Å²) in [5.74, 6) is 3.48. The summed E-state index contributed by atoms with van der Waals surface area (Å²) in [5.41, 5.74) is 3.08. The maximum Gasteiger partial charge on any atom is 0.223 e. The smallest absolute Gasteiger partial charge is 0.223 e. The SMILES string of the molecule is Cc1nc(-c2cc(C)c(OCCCC3=NC(C(C)C)CO3)c(C)c2)no1. The zero-order chi connectivity index (χ0) is 18.7. The van der Waals surface area contributed by atoms with E-state index in [0.29, 0.717) is 36.9 Å². The van der Waals surface area contributed by atoms with E-state index in [0.717, 1.165) is 41.2 Å². The second-order valence-electron chi connectivity index (χ2n) is 7.17. The summed E-state index contributed by atoms with van der Waals surface area (Å²) in [5, 5.41) is 3.98. The molecule has 1 aliphatic heterocycles. The van der Waals surface area contributed by atoms with Crippen molar-refractivity contribution >= 4 is 5.90 Å². The van der Waals surface area contributed by atoms with E-state index in [4.69, 9.17) is 14.0 Å². The molecule has 2 heterocycles. The van der Waals surface area contributed by atoms with Gasteiger partial charge in [0.15, 0.2) is 5.90 Å². The molecule has 140 valence electrons. The van der Waals surface area contributed by atoms with Crippen LogP contribution in [0.4, 0.5) is 0 Å². The molecule has 0 amide bonds. The van der Waals surface area contributed by atoms with Crippen LogP contribution in [0.15, 0.2) is 21.6 Å². The van der Waals surface area contributed by atoms with Crippen LogP contribution in [0.3, 0.4) is 0 Å². The predicted octanol–water partition coefficient (Wildman–Crippen LogP) is 4.27. The minimum absolute atomic E-state index is 0.303. The van der Waals surface area contributed by atoms with Crippen LogP contribution in [0.25, 0.3) is 11.4 Å². The highest BCUT2D eigenvalue weighted by molar-refractivity contribution is 5.77. The molecule has 0 saturated carbocycles. The standard InChI is InChI=1S/C20H27N3O3/c1-12(2)17-11-25-18(22-17)7-6-8-24-19-13(3)9-16(10-14(19)4)20-21-15(5)26-23-20/h9-10,12,17H,6-8,11H2,1-5H3. The Hall–Kier alpha value is -2.37. The largest absolute Gasteiger partial charge is 0.493 e. The summed E-state index contributed by atoms with van der Waals surface area (Å²) < 4.78 is 16.8. The minimum atomic E-state index is 0.303. The van der Waals surface area contributed by atoms with Crippen LogP contribution >= 0.6 is 0 Å². The molecule has 1 aromatic heterocycles. The molecule has 0 spiro atoms. The van der Waals surface area contributed by atoms with Crippen LogP contribution in [0.2, 0.25) is 0 Å². The maximum absolute atomic E-state index is 6.02. The van der Waals surface area contributed by atoms with Crippen LogP contribution in [0.5, 0.6) is 5.75 Å². The lowest BCUT2D eigenvalue weighted by Gasteiger charge is -2.13. The quantitative estimate of drug-likeness (QED) is 0.692. The van der Waals surface area contributed by atoms with Crippen molar-refractivity contribution < 1.29 is 14.0 Å². The third-order valence-electron chi connectivity index (χ3n) is 4.53. The zero-order valence-corrected chi connectivity index (χ0v) is 16.2. The summed E-state index contributed by atoms with van der Waals surface area (Å²) in [6, 6.07) is 4.37. The number of rotatable bonds is 7. The first-order valence-corrected chi connectivity index (χ1v) is 9.18. The van der Waals surface area contributed by atoms with Crippen molar-refractivity contribution in [2.45, 2.75) is 53.5 Å². The monoisotopic (exact) mass is 357 g/mol. The van der Waals surface area contributed by atoms with Crippen molar-refractivity contribution in [1.29, 1.82) is 0 Å². The molecule has 1 unspecified atom stereocenters. The first-order valence-electron chi connectivity index (χ1n) is 9.18. The molecule has 1 aromatic carbocycles. The zero-order valence-electron chi connectivity index (χ0n) is 16.2. The van der Waals surface area contributed by atoms with E-state index >= 15 is 0 Å². The van der Waals surface area contributed by atoms with Gasteiger partial charge in [-0.3, -0.25) is 0 Å². The predicted molar refractivity (Wildman–Crippen MR) is 101 cm³/mol. The lowest BCUT2D eigenvalue weighted by Crippen LogP contribution is -2.13. The Morgan fingerprint density at radius 1 is 1.19 bits per heavy atom.